The van der Waals surface area contributed by atoms with Gasteiger partial charge in [-0.3, -0.25) is 5.11 Å². The van der Waals surface area contributed by atoms with E-state index in [0.717, 1.165) is 11.5 Å². The molecule has 1 heterocycles. The van der Waals surface area contributed by atoms with Crippen LogP contribution in [0.25, 0.3) is 0 Å². The largest absolute Gasteiger partial charge is 0.365 e. The predicted octanol–water partition coefficient (Wildman–Crippen LogP) is 0.0769. The second kappa shape index (κ2) is 1.17. The summed E-state index contributed by atoms with van der Waals surface area (Å²) in [4.78, 5) is 0. The van der Waals surface area contributed by atoms with Gasteiger partial charge in [0, 0.05) is 0 Å². The van der Waals surface area contributed by atoms with Crippen LogP contribution in [0, 0.1) is 0 Å². The zero-order valence-electron chi connectivity index (χ0n) is 2.66. The Morgan fingerprint density at radius 3 is 2.67 bits per heavy atom. The minimum Gasteiger partial charge on any atom is -0.251 e. The Kier molecular flexibility index (Phi) is 0.681. The van der Waals surface area contributed by atoms with Crippen LogP contribution in [0.15, 0.2) is 0 Å². The summed E-state index contributed by atoms with van der Waals surface area (Å²) < 4.78 is 3.19. The standard InChI is InChI=1S/CN3OS/c5-1-2-3-4-6-1. The van der Waals surface area contributed by atoms with Gasteiger partial charge in [0.15, 0.2) is 0 Å². The van der Waals surface area contributed by atoms with Gasteiger partial charge in [0.05, 0.1) is 11.5 Å². The summed E-state index contributed by atoms with van der Waals surface area (Å²) in [7, 11) is 0. The molecular formula is CN3OS. The molecule has 4 nitrogen and oxygen atoms in total. The van der Waals surface area contributed by atoms with E-state index in [1.807, 2.05) is 0 Å². The van der Waals surface area contributed by atoms with E-state index < -0.39 is 0 Å². The quantitative estimate of drug-likeness (QED) is 0.466. The molecule has 0 aliphatic rings. The third-order valence-corrected chi connectivity index (χ3v) is 0.674. The second-order valence-electron chi connectivity index (χ2n) is 0.628. The van der Waals surface area contributed by atoms with Crippen molar-refractivity contribution in [2.45, 2.75) is 0 Å². The maximum Gasteiger partial charge on any atom is 0.365 e. The van der Waals surface area contributed by atoms with Crippen molar-refractivity contribution in [3.8, 4) is 5.19 Å². The van der Waals surface area contributed by atoms with Crippen molar-refractivity contribution in [3.05, 3.63) is 0 Å². The zero-order chi connectivity index (χ0) is 4.41. The summed E-state index contributed by atoms with van der Waals surface area (Å²) in [5, 5.41) is 15.6. The first-order chi connectivity index (χ1) is 2.89. The monoisotopic (exact) mass is 102 g/mol. The molecule has 0 amide bonds. The molecule has 0 unspecified atom stereocenters. The molecule has 6 heavy (non-hydrogen) atoms. The van der Waals surface area contributed by atoms with Crippen LogP contribution in [-0.2, 0) is 5.11 Å². The molecule has 0 saturated carbocycles. The van der Waals surface area contributed by atoms with Gasteiger partial charge in [-0.25, -0.2) is 0 Å². The molecule has 0 atom stereocenters. The molecule has 31 valence electrons. The molecule has 1 rings (SSSR count). The molecule has 1 aromatic rings. The van der Waals surface area contributed by atoms with Crippen LogP contribution in [0.2, 0.25) is 0 Å². The minimum atomic E-state index is -0.338. The van der Waals surface area contributed by atoms with E-state index in [4.69, 9.17) is 0 Å². The highest BCUT2D eigenvalue weighted by molar-refractivity contribution is 7.06. The molecule has 1 radical (unpaired) electrons. The lowest BCUT2D eigenvalue weighted by Gasteiger charge is -1.52. The number of nitrogens with zero attached hydrogens (tertiary/aromatic N) is 3. The van der Waals surface area contributed by atoms with Crippen molar-refractivity contribution < 1.29 is 5.11 Å². The first-order valence-corrected chi connectivity index (χ1v) is 1.99. The van der Waals surface area contributed by atoms with Gasteiger partial charge in [0.1, 0.15) is 0 Å². The minimum absolute atomic E-state index is 0.338. The summed E-state index contributed by atoms with van der Waals surface area (Å²) >= 11 is 0.750. The smallest absolute Gasteiger partial charge is 0.251 e. The fraction of sp³-hybridized carbons (Fsp3) is 0. The van der Waals surface area contributed by atoms with Crippen molar-refractivity contribution >= 4 is 11.5 Å². The van der Waals surface area contributed by atoms with E-state index in [0.29, 0.717) is 0 Å². The normalized spacial score (nSPS) is 8.67. The number of rotatable bonds is 0. The molecule has 0 fully saturated rings. The van der Waals surface area contributed by atoms with Crippen molar-refractivity contribution in [3.63, 3.8) is 0 Å². The zero-order valence-corrected chi connectivity index (χ0v) is 3.47. The van der Waals surface area contributed by atoms with Gasteiger partial charge in [-0.1, -0.05) is 9.59 Å². The summed E-state index contributed by atoms with van der Waals surface area (Å²) in [5.41, 5.74) is 0. The molecule has 5 heteroatoms. The van der Waals surface area contributed by atoms with Crippen molar-refractivity contribution in [2.24, 2.45) is 0 Å². The van der Waals surface area contributed by atoms with Gasteiger partial charge in [0.25, 0.3) is 0 Å². The fourth-order valence-corrected chi connectivity index (χ4v) is 0.342. The Balaban J connectivity index is 3.05. The van der Waals surface area contributed by atoms with E-state index in [1.54, 1.807) is 0 Å². The Bertz CT molecular complexity index is 114. The van der Waals surface area contributed by atoms with E-state index >= 15 is 0 Å². The van der Waals surface area contributed by atoms with Gasteiger partial charge in [-0.05, 0) is 5.21 Å². The van der Waals surface area contributed by atoms with Crippen molar-refractivity contribution in [1.29, 1.82) is 0 Å². The molecule has 0 bridgehead atoms. The van der Waals surface area contributed by atoms with Crippen LogP contribution in [0.4, 0.5) is 0 Å². The van der Waals surface area contributed by atoms with Gasteiger partial charge in [0.2, 0.25) is 0 Å². The van der Waals surface area contributed by atoms with E-state index in [1.165, 1.54) is 0 Å². The lowest BCUT2D eigenvalue weighted by atomic mass is 11.5. The highest BCUT2D eigenvalue weighted by Crippen LogP contribution is 2.03. The van der Waals surface area contributed by atoms with Gasteiger partial charge >= 0.3 is 5.19 Å². The van der Waals surface area contributed by atoms with Gasteiger partial charge in [-0.2, -0.15) is 0 Å². The average molecular weight is 102 g/mol. The molecule has 1 aromatic heterocycles. The lowest BCUT2D eigenvalue weighted by molar-refractivity contribution is 0.348. The summed E-state index contributed by atoms with van der Waals surface area (Å²) in [5.74, 6) is 0. The van der Waals surface area contributed by atoms with Crippen LogP contribution >= 0.6 is 11.5 Å². The van der Waals surface area contributed by atoms with Crippen LogP contribution < -0.4 is 0 Å². The van der Waals surface area contributed by atoms with Gasteiger partial charge < -0.3 is 0 Å². The topological polar surface area (TPSA) is 58.6 Å². The highest BCUT2D eigenvalue weighted by Gasteiger charge is 1.88. The van der Waals surface area contributed by atoms with Crippen LogP contribution in [-0.4, -0.2) is 14.8 Å². The van der Waals surface area contributed by atoms with Crippen molar-refractivity contribution in [2.75, 3.05) is 0 Å². The maximum atomic E-state index is 9.85. The Morgan fingerprint density at radius 2 is 2.50 bits per heavy atom. The SMILES string of the molecule is [O]c1nnns1. The molecule has 0 spiro atoms. The van der Waals surface area contributed by atoms with E-state index in [2.05, 4.69) is 14.8 Å². The molecule has 0 aliphatic carbocycles. The lowest BCUT2D eigenvalue weighted by Crippen LogP contribution is -1.62. The van der Waals surface area contributed by atoms with E-state index in [-0.39, 0.29) is 5.19 Å². The van der Waals surface area contributed by atoms with Crippen molar-refractivity contribution in [1.82, 2.24) is 14.8 Å². The number of hydrogen-bond donors (Lipinski definition) is 0. The molecule has 0 N–H and O–H groups in total. The third kappa shape index (κ3) is 0.436. The summed E-state index contributed by atoms with van der Waals surface area (Å²) in [6.07, 6.45) is 0. The fourth-order valence-electron chi connectivity index (χ4n) is 0.126. The molecule has 0 saturated heterocycles. The maximum absolute atomic E-state index is 9.85. The number of hydrogen-bond acceptors (Lipinski definition) is 4. The predicted molar refractivity (Wildman–Crippen MR) is 17.8 cm³/mol. The van der Waals surface area contributed by atoms with E-state index in [9.17, 15) is 5.11 Å². The first-order valence-electron chi connectivity index (χ1n) is 1.21. The second-order valence-corrected chi connectivity index (χ2v) is 1.32. The summed E-state index contributed by atoms with van der Waals surface area (Å²) in [6.45, 7) is 0. The van der Waals surface area contributed by atoms with Crippen LogP contribution in [0.3, 0.4) is 0 Å². The Morgan fingerprint density at radius 1 is 1.67 bits per heavy atom. The van der Waals surface area contributed by atoms with Crippen LogP contribution in [0.5, 0.6) is 5.19 Å². The molecule has 0 aromatic carbocycles. The number of aromatic nitrogens is 3. The van der Waals surface area contributed by atoms with Crippen LogP contribution in [0.1, 0.15) is 0 Å². The Labute approximate surface area is 37.6 Å². The van der Waals surface area contributed by atoms with Gasteiger partial charge in [-0.15, -0.1) is 0 Å². The Hall–Kier alpha value is -0.710. The average Bonchev–Trinajstić information content (AvgIpc) is 1.86. The molecule has 0 aliphatic heterocycles. The third-order valence-electron chi connectivity index (χ3n) is 0.282. The molecular weight excluding hydrogens is 102 g/mol. The first kappa shape index (κ1) is 3.48. The highest BCUT2D eigenvalue weighted by atomic mass is 32.1. The summed E-state index contributed by atoms with van der Waals surface area (Å²) in [6, 6.07) is 0.